The summed E-state index contributed by atoms with van der Waals surface area (Å²) in [5.74, 6) is 0.0163. The van der Waals surface area contributed by atoms with Gasteiger partial charge in [-0.25, -0.2) is 11.6 Å². The topological polar surface area (TPSA) is 0 Å². The molecular weight excluding hydrogens is 717 g/mol. The summed E-state index contributed by atoms with van der Waals surface area (Å²) in [7, 11) is 0. The zero-order valence-electron chi connectivity index (χ0n) is 28.1. The van der Waals surface area contributed by atoms with E-state index in [2.05, 4.69) is 108 Å². The number of halogens is 4. The Hall–Kier alpha value is -3.10. The van der Waals surface area contributed by atoms with Crippen molar-refractivity contribution in [3.05, 3.63) is 160 Å². The van der Waals surface area contributed by atoms with Crippen LogP contribution in [0.25, 0.3) is 33.7 Å². The van der Waals surface area contributed by atoms with Crippen molar-refractivity contribution >= 4 is 36.9 Å². The normalized spacial score (nSPS) is 17.0. The fourth-order valence-electron chi connectivity index (χ4n) is 6.51. The zero-order valence-corrected chi connectivity index (χ0v) is 32.0. The van der Waals surface area contributed by atoms with Crippen molar-refractivity contribution in [1.29, 1.82) is 0 Å². The van der Waals surface area contributed by atoms with Gasteiger partial charge >= 0.3 is 108 Å². The Bertz CT molecular complexity index is 1990. The van der Waals surface area contributed by atoms with Gasteiger partial charge in [0.25, 0.3) is 0 Å². The summed E-state index contributed by atoms with van der Waals surface area (Å²) in [5.41, 5.74) is 8.93. The molecule has 5 heteroatoms. The predicted octanol–water partition coefficient (Wildman–Crippen LogP) is 5.35. The van der Waals surface area contributed by atoms with Crippen LogP contribution < -0.4 is 24.8 Å². The largest absolute Gasteiger partial charge is 1.00 e. The molecule has 8 rings (SSSR count). The van der Waals surface area contributed by atoms with E-state index in [0.29, 0.717) is 5.92 Å². The molecule has 0 fully saturated rings. The third-order valence-electron chi connectivity index (χ3n) is 9.11. The monoisotopic (exact) mass is 752 g/mol. The molecule has 3 aliphatic rings. The molecule has 0 nitrogen and oxygen atoms in total. The van der Waals surface area contributed by atoms with Crippen LogP contribution in [0.4, 0.5) is 8.78 Å². The summed E-state index contributed by atoms with van der Waals surface area (Å²) >= 11 is 1.13. The summed E-state index contributed by atoms with van der Waals surface area (Å²) in [6.07, 6.45) is 16.6. The molecule has 1 unspecified atom stereocenters. The molecule has 5 aromatic carbocycles. The van der Waals surface area contributed by atoms with Crippen LogP contribution in [0.3, 0.4) is 0 Å². The average Bonchev–Trinajstić information content (AvgIpc) is 3.74. The van der Waals surface area contributed by atoms with Gasteiger partial charge in [-0.15, -0.1) is 46.7 Å². The SMILES string of the molecule is CC1(C)C=Cc2cc3c(cc21)[cH-]c1cc2c(cc13)C=CC2(C)C.CC1=CC(C)[C-]=C1.Fc1cccc([C](=[Zr+2])c2cccc(F)c2)c1.[Cl-].[Cl-]. The minimum absolute atomic E-state index is 0. The maximum absolute atomic E-state index is 13.0. The molecular formula is C43H38Cl2F2Zr-2. The second-order valence-electron chi connectivity index (χ2n) is 13.7. The number of benzene rings is 4. The van der Waals surface area contributed by atoms with Gasteiger partial charge in [0, 0.05) is 10.8 Å². The summed E-state index contributed by atoms with van der Waals surface area (Å²) in [5, 5.41) is 5.53. The average molecular weight is 755 g/mol. The number of rotatable bonds is 2. The van der Waals surface area contributed by atoms with Crippen molar-refractivity contribution in [3.8, 4) is 0 Å². The molecule has 0 spiro atoms. The van der Waals surface area contributed by atoms with Crippen LogP contribution in [0.15, 0.2) is 109 Å². The third kappa shape index (κ3) is 7.86. The van der Waals surface area contributed by atoms with Gasteiger partial charge in [-0.1, -0.05) is 88.1 Å². The van der Waals surface area contributed by atoms with Crippen LogP contribution >= 0.6 is 0 Å². The van der Waals surface area contributed by atoms with Crippen molar-refractivity contribution in [2.24, 2.45) is 5.92 Å². The Labute approximate surface area is 310 Å². The van der Waals surface area contributed by atoms with Gasteiger partial charge in [0.05, 0.1) is 0 Å². The van der Waals surface area contributed by atoms with Gasteiger partial charge in [-0.05, 0) is 11.1 Å². The standard InChI is InChI=1S/C23H21.C13H8F2.C7H9.2ClH.Zr/c1-22(2)7-5-14-10-18-16(12-20(14)22)9-17-13-21-15(11-19(17)18)6-8-23(21,3)4;14-12-5-1-3-10(8-12)7-11-4-2-6-13(15)9-11;1-6-3-4-7(2)5-6;;;/h5-13H,1-4H3;1-6,8-9H;3,5,7H,1-2H3;2*1H;/q-1;;-1;;;+2/p-2. The molecule has 0 amide bonds. The van der Waals surface area contributed by atoms with Gasteiger partial charge < -0.3 is 24.8 Å². The van der Waals surface area contributed by atoms with Crippen LogP contribution in [0.2, 0.25) is 0 Å². The molecule has 0 heterocycles. The molecule has 0 saturated carbocycles. The van der Waals surface area contributed by atoms with E-state index in [1.807, 2.05) is 18.2 Å². The first-order chi connectivity index (χ1) is 21.8. The molecule has 0 bridgehead atoms. The van der Waals surface area contributed by atoms with Crippen molar-refractivity contribution in [3.63, 3.8) is 0 Å². The van der Waals surface area contributed by atoms with Crippen LogP contribution in [0, 0.1) is 23.6 Å². The first-order valence-corrected chi connectivity index (χ1v) is 17.0. The van der Waals surface area contributed by atoms with Crippen LogP contribution in [-0.2, 0) is 35.1 Å². The van der Waals surface area contributed by atoms with E-state index in [1.165, 1.54) is 73.6 Å². The molecule has 0 aliphatic heterocycles. The Morgan fingerprint density at radius 2 is 1.19 bits per heavy atom. The van der Waals surface area contributed by atoms with E-state index in [9.17, 15) is 8.78 Å². The second-order valence-corrected chi connectivity index (χ2v) is 14.9. The van der Waals surface area contributed by atoms with Crippen molar-refractivity contribution in [1.82, 2.24) is 0 Å². The molecule has 0 saturated heterocycles. The molecule has 5 aromatic rings. The van der Waals surface area contributed by atoms with E-state index in [0.717, 1.165) is 38.6 Å². The van der Waals surface area contributed by atoms with E-state index in [1.54, 1.807) is 12.1 Å². The Balaban J connectivity index is 0.000000182. The first kappa shape index (κ1) is 37.7. The van der Waals surface area contributed by atoms with Gasteiger partial charge in [0.2, 0.25) is 0 Å². The minimum Gasteiger partial charge on any atom is -1.00 e. The van der Waals surface area contributed by atoms with E-state index < -0.39 is 0 Å². The second kappa shape index (κ2) is 14.8. The summed E-state index contributed by atoms with van der Waals surface area (Å²) in [4.78, 5) is 0. The van der Waals surface area contributed by atoms with Gasteiger partial charge in [-0.2, -0.15) is 6.08 Å². The maximum Gasteiger partial charge on any atom is -1.00 e. The number of hydrogen-bond donors (Lipinski definition) is 0. The zero-order chi connectivity index (χ0) is 32.8. The quantitative estimate of drug-likeness (QED) is 0.214. The van der Waals surface area contributed by atoms with Crippen molar-refractivity contribution < 1.29 is 57.8 Å². The molecule has 0 radical (unpaired) electrons. The Morgan fingerprint density at radius 3 is 1.54 bits per heavy atom. The predicted molar refractivity (Wildman–Crippen MR) is 188 cm³/mol. The maximum atomic E-state index is 13.0. The minimum atomic E-state index is -0.270. The summed E-state index contributed by atoms with van der Waals surface area (Å²) in [6, 6.07) is 24.7. The van der Waals surface area contributed by atoms with Gasteiger partial charge in [0.15, 0.2) is 0 Å². The molecule has 1 atom stereocenters. The molecule has 3 aliphatic carbocycles. The fourth-order valence-corrected chi connectivity index (χ4v) is 7.28. The molecule has 0 N–H and O–H groups in total. The van der Waals surface area contributed by atoms with Gasteiger partial charge in [-0.3, -0.25) is 6.08 Å². The molecule has 0 aromatic heterocycles. The van der Waals surface area contributed by atoms with Crippen molar-refractivity contribution in [2.45, 2.75) is 52.4 Å². The van der Waals surface area contributed by atoms with Crippen LogP contribution in [-0.4, -0.2) is 3.21 Å². The first-order valence-electron chi connectivity index (χ1n) is 15.8. The van der Waals surface area contributed by atoms with E-state index >= 15 is 0 Å². The Kier molecular flexibility index (Phi) is 11.6. The Morgan fingerprint density at radius 1 is 0.729 bits per heavy atom. The molecule has 48 heavy (non-hydrogen) atoms. The summed E-state index contributed by atoms with van der Waals surface area (Å²) in [6.45, 7) is 13.4. The molecule has 244 valence electrons. The van der Waals surface area contributed by atoms with E-state index in [4.69, 9.17) is 0 Å². The van der Waals surface area contributed by atoms with Crippen LogP contribution in [0.5, 0.6) is 0 Å². The van der Waals surface area contributed by atoms with E-state index in [-0.39, 0.29) is 47.3 Å². The number of hydrogen-bond acceptors (Lipinski definition) is 0. The number of allylic oxidation sites excluding steroid dienone is 6. The van der Waals surface area contributed by atoms with Crippen molar-refractivity contribution in [2.75, 3.05) is 0 Å². The third-order valence-corrected chi connectivity index (χ3v) is 10.5. The number of fused-ring (bicyclic) bond motifs is 5. The summed E-state index contributed by atoms with van der Waals surface area (Å²) < 4.78 is 27.0. The fraction of sp³-hybridized carbons (Fsp3) is 0.209. The van der Waals surface area contributed by atoms with Gasteiger partial charge in [0.1, 0.15) is 0 Å². The smallest absolute Gasteiger partial charge is 1.00 e. The van der Waals surface area contributed by atoms with Crippen LogP contribution in [0.1, 0.15) is 74.9 Å².